The Balaban J connectivity index is 0.00000182. The summed E-state index contributed by atoms with van der Waals surface area (Å²) in [7, 11) is 0. The third-order valence-corrected chi connectivity index (χ3v) is 4.34. The van der Waals surface area contributed by atoms with Gasteiger partial charge in [-0.2, -0.15) is 10.1 Å². The van der Waals surface area contributed by atoms with Gasteiger partial charge in [-0.3, -0.25) is 0 Å². The van der Waals surface area contributed by atoms with Crippen molar-refractivity contribution in [3.05, 3.63) is 47.9 Å². The molecule has 1 saturated carbocycles. The van der Waals surface area contributed by atoms with Crippen molar-refractivity contribution in [1.29, 1.82) is 0 Å². The fourth-order valence-electron chi connectivity index (χ4n) is 3.03. The van der Waals surface area contributed by atoms with Crippen molar-refractivity contribution >= 4 is 12.4 Å². The van der Waals surface area contributed by atoms with E-state index in [1.54, 1.807) is 6.07 Å². The Bertz CT molecular complexity index is 868. The molecule has 3 aromatic rings. The SMILES string of the molecule is Cl.NC1(c2noc(-c3ccn(-c4c(F)cccc4F)n3)n2)CCCC1. The quantitative estimate of drug-likeness (QED) is 0.767. The highest BCUT2D eigenvalue weighted by Gasteiger charge is 2.36. The maximum atomic E-state index is 13.8. The maximum Gasteiger partial charge on any atom is 0.278 e. The first-order valence-corrected chi connectivity index (χ1v) is 7.70. The molecule has 2 N–H and O–H groups in total. The van der Waals surface area contributed by atoms with Crippen LogP contribution in [0.15, 0.2) is 35.0 Å². The Morgan fingerprint density at radius 1 is 1.12 bits per heavy atom. The van der Waals surface area contributed by atoms with Gasteiger partial charge in [0.1, 0.15) is 5.69 Å². The molecule has 1 aliphatic carbocycles. The highest BCUT2D eigenvalue weighted by molar-refractivity contribution is 5.85. The summed E-state index contributed by atoms with van der Waals surface area (Å²) < 4.78 is 34.0. The number of aromatic nitrogens is 4. The molecule has 1 fully saturated rings. The van der Waals surface area contributed by atoms with E-state index in [4.69, 9.17) is 10.3 Å². The lowest BCUT2D eigenvalue weighted by atomic mass is 9.99. The molecular weight excluding hydrogens is 352 g/mol. The van der Waals surface area contributed by atoms with E-state index in [9.17, 15) is 8.78 Å². The van der Waals surface area contributed by atoms with Gasteiger partial charge >= 0.3 is 0 Å². The molecule has 6 nitrogen and oxygen atoms in total. The van der Waals surface area contributed by atoms with Crippen LogP contribution in [0.5, 0.6) is 0 Å². The number of nitrogens with zero attached hydrogens (tertiary/aromatic N) is 4. The molecule has 4 rings (SSSR count). The number of halogens is 3. The fraction of sp³-hybridized carbons (Fsp3) is 0.312. The van der Waals surface area contributed by atoms with Crippen molar-refractivity contribution in [2.24, 2.45) is 5.73 Å². The van der Waals surface area contributed by atoms with Crippen LogP contribution in [0.4, 0.5) is 8.78 Å². The number of nitrogens with two attached hydrogens (primary N) is 1. The Labute approximate surface area is 148 Å². The van der Waals surface area contributed by atoms with E-state index in [0.717, 1.165) is 30.4 Å². The summed E-state index contributed by atoms with van der Waals surface area (Å²) in [5.74, 6) is -0.788. The maximum absolute atomic E-state index is 13.8. The van der Waals surface area contributed by atoms with Crippen LogP contribution >= 0.6 is 12.4 Å². The number of hydrogen-bond acceptors (Lipinski definition) is 5. The summed E-state index contributed by atoms with van der Waals surface area (Å²) in [6.07, 6.45) is 5.11. The summed E-state index contributed by atoms with van der Waals surface area (Å²) in [5, 5.41) is 8.09. The molecule has 132 valence electrons. The van der Waals surface area contributed by atoms with Crippen molar-refractivity contribution < 1.29 is 13.3 Å². The average molecular weight is 368 g/mol. The predicted octanol–water partition coefficient (Wildman–Crippen LogP) is 3.35. The van der Waals surface area contributed by atoms with Crippen molar-refractivity contribution in [1.82, 2.24) is 19.9 Å². The van der Waals surface area contributed by atoms with E-state index in [1.165, 1.54) is 24.4 Å². The Morgan fingerprint density at radius 2 is 1.80 bits per heavy atom. The second kappa shape index (κ2) is 6.53. The summed E-state index contributed by atoms with van der Waals surface area (Å²) in [5.41, 5.74) is 5.81. The number of para-hydroxylation sites is 1. The van der Waals surface area contributed by atoms with Crippen LogP contribution in [0.1, 0.15) is 31.5 Å². The monoisotopic (exact) mass is 367 g/mol. The zero-order chi connectivity index (χ0) is 16.7. The smallest absolute Gasteiger partial charge is 0.278 e. The molecule has 0 amide bonds. The standard InChI is InChI=1S/C16H15F2N5O.ClH/c17-10-4-3-5-11(18)13(10)23-9-6-12(21-23)14-20-15(22-24-14)16(19)7-1-2-8-16;/h3-6,9H,1-2,7-8,19H2;1H. The summed E-state index contributed by atoms with van der Waals surface area (Å²) in [6, 6.07) is 5.19. The normalized spacial score (nSPS) is 16.0. The zero-order valence-electron chi connectivity index (χ0n) is 13.2. The van der Waals surface area contributed by atoms with Crippen molar-refractivity contribution in [2.75, 3.05) is 0 Å². The van der Waals surface area contributed by atoms with E-state index in [-0.39, 0.29) is 24.0 Å². The molecule has 25 heavy (non-hydrogen) atoms. The van der Waals surface area contributed by atoms with Crippen LogP contribution in [-0.4, -0.2) is 19.9 Å². The van der Waals surface area contributed by atoms with Gasteiger partial charge in [-0.15, -0.1) is 12.4 Å². The topological polar surface area (TPSA) is 82.8 Å². The molecule has 0 atom stereocenters. The minimum atomic E-state index is -0.706. The first-order valence-electron chi connectivity index (χ1n) is 7.70. The minimum absolute atomic E-state index is 0. The van der Waals surface area contributed by atoms with E-state index in [0.29, 0.717) is 11.5 Å². The van der Waals surface area contributed by atoms with Crippen molar-refractivity contribution in [3.63, 3.8) is 0 Å². The molecule has 0 spiro atoms. The van der Waals surface area contributed by atoms with Crippen LogP contribution in [0.3, 0.4) is 0 Å². The van der Waals surface area contributed by atoms with Crippen LogP contribution in [0, 0.1) is 11.6 Å². The second-order valence-electron chi connectivity index (χ2n) is 6.00. The molecule has 9 heteroatoms. The number of hydrogen-bond donors (Lipinski definition) is 1. The number of rotatable bonds is 3. The number of benzene rings is 1. The Hall–Kier alpha value is -2.32. The minimum Gasteiger partial charge on any atom is -0.332 e. The second-order valence-corrected chi connectivity index (χ2v) is 6.00. The third kappa shape index (κ3) is 3.03. The van der Waals surface area contributed by atoms with Gasteiger partial charge in [0.2, 0.25) is 0 Å². The Morgan fingerprint density at radius 3 is 2.48 bits per heavy atom. The van der Waals surface area contributed by atoms with E-state index in [1.807, 2.05) is 0 Å². The van der Waals surface area contributed by atoms with Crippen LogP contribution < -0.4 is 5.73 Å². The van der Waals surface area contributed by atoms with E-state index in [2.05, 4.69) is 15.2 Å². The Kier molecular flexibility index (Phi) is 4.57. The third-order valence-electron chi connectivity index (χ3n) is 4.34. The van der Waals surface area contributed by atoms with Crippen LogP contribution in [0.2, 0.25) is 0 Å². The largest absolute Gasteiger partial charge is 0.332 e. The van der Waals surface area contributed by atoms with Gasteiger partial charge in [-0.1, -0.05) is 24.1 Å². The summed E-state index contributed by atoms with van der Waals surface area (Å²) in [6.45, 7) is 0. The van der Waals surface area contributed by atoms with Gasteiger partial charge < -0.3 is 10.3 Å². The van der Waals surface area contributed by atoms with Gasteiger partial charge in [-0.25, -0.2) is 13.5 Å². The highest BCUT2D eigenvalue weighted by Crippen LogP contribution is 2.35. The van der Waals surface area contributed by atoms with E-state index < -0.39 is 17.2 Å². The first kappa shape index (κ1) is 17.5. The first-order chi connectivity index (χ1) is 11.6. The van der Waals surface area contributed by atoms with Crippen molar-refractivity contribution in [3.8, 4) is 17.3 Å². The molecule has 0 saturated heterocycles. The summed E-state index contributed by atoms with van der Waals surface area (Å²) in [4.78, 5) is 4.32. The van der Waals surface area contributed by atoms with Crippen LogP contribution in [-0.2, 0) is 5.54 Å². The van der Waals surface area contributed by atoms with Crippen LogP contribution in [0.25, 0.3) is 17.3 Å². The van der Waals surface area contributed by atoms with Gasteiger partial charge in [0.25, 0.3) is 5.89 Å². The summed E-state index contributed by atoms with van der Waals surface area (Å²) >= 11 is 0. The fourth-order valence-corrected chi connectivity index (χ4v) is 3.03. The lowest BCUT2D eigenvalue weighted by Crippen LogP contribution is -2.34. The zero-order valence-corrected chi connectivity index (χ0v) is 14.0. The van der Waals surface area contributed by atoms with Crippen molar-refractivity contribution in [2.45, 2.75) is 31.2 Å². The van der Waals surface area contributed by atoms with Gasteiger partial charge in [0, 0.05) is 6.20 Å². The molecule has 2 aromatic heterocycles. The molecular formula is C16H16ClF2N5O. The van der Waals surface area contributed by atoms with Gasteiger partial charge in [0.05, 0.1) is 5.54 Å². The lowest BCUT2D eigenvalue weighted by Gasteiger charge is -2.17. The molecule has 1 aromatic carbocycles. The molecule has 0 unspecified atom stereocenters. The molecule has 0 radical (unpaired) electrons. The van der Waals surface area contributed by atoms with Gasteiger partial charge in [0.15, 0.2) is 23.2 Å². The van der Waals surface area contributed by atoms with Gasteiger partial charge in [-0.05, 0) is 31.0 Å². The molecule has 1 aliphatic rings. The van der Waals surface area contributed by atoms with E-state index >= 15 is 0 Å². The molecule has 0 aliphatic heterocycles. The lowest BCUT2D eigenvalue weighted by molar-refractivity contribution is 0.372. The predicted molar refractivity (Wildman–Crippen MR) is 88.4 cm³/mol. The molecule has 0 bridgehead atoms. The highest BCUT2D eigenvalue weighted by atomic mass is 35.5. The molecule has 2 heterocycles. The average Bonchev–Trinajstić information content (AvgIpc) is 3.26.